The Morgan fingerprint density at radius 2 is 1.79 bits per heavy atom. The molecule has 2 aromatic carbocycles. The summed E-state index contributed by atoms with van der Waals surface area (Å²) in [6.07, 6.45) is 2.48. The Morgan fingerprint density at radius 1 is 1.09 bits per heavy atom. The summed E-state index contributed by atoms with van der Waals surface area (Å²) < 4.78 is 1.44. The van der Waals surface area contributed by atoms with Gasteiger partial charge in [0.1, 0.15) is 0 Å². The van der Waals surface area contributed by atoms with Gasteiger partial charge < -0.3 is 16.1 Å². The Balaban J connectivity index is 1.37. The highest BCUT2D eigenvalue weighted by Gasteiger charge is 2.17. The van der Waals surface area contributed by atoms with Gasteiger partial charge in [0.05, 0.1) is 5.75 Å². The van der Waals surface area contributed by atoms with E-state index >= 15 is 0 Å². The smallest absolute Gasteiger partial charge is 0.234 e. The van der Waals surface area contributed by atoms with Gasteiger partial charge in [-0.1, -0.05) is 56.8 Å². The predicted octanol–water partition coefficient (Wildman–Crippen LogP) is 4.60. The molecule has 3 N–H and O–H groups in total. The molecule has 0 saturated carbocycles. The highest BCUT2D eigenvalue weighted by atomic mass is 32.2. The van der Waals surface area contributed by atoms with E-state index in [9.17, 15) is 4.79 Å². The van der Waals surface area contributed by atoms with Crippen molar-refractivity contribution >= 4 is 29.0 Å². The summed E-state index contributed by atoms with van der Waals surface area (Å²) in [5.41, 5.74) is 5.32. The Hall–Kier alpha value is -3.00. The Kier molecular flexibility index (Phi) is 6.65. The summed E-state index contributed by atoms with van der Waals surface area (Å²) in [7, 11) is 0. The fraction of sp³-hybridized carbons (Fsp3) is 0.400. The van der Waals surface area contributed by atoms with Gasteiger partial charge in [-0.15, -0.1) is 10.2 Å². The van der Waals surface area contributed by atoms with Crippen molar-refractivity contribution in [1.82, 2.24) is 14.9 Å². The van der Waals surface area contributed by atoms with Crippen LogP contribution in [-0.2, 0) is 10.2 Å². The third-order valence-corrected chi connectivity index (χ3v) is 6.90. The second-order valence-electron chi connectivity index (χ2n) is 9.53. The molecule has 0 aliphatic carbocycles. The van der Waals surface area contributed by atoms with E-state index in [2.05, 4.69) is 65.5 Å². The number of carbonyl (C=O) groups excluding carboxylic acids is 1. The first-order valence-electron chi connectivity index (χ1n) is 11.3. The van der Waals surface area contributed by atoms with Gasteiger partial charge in [-0.05, 0) is 54.5 Å². The van der Waals surface area contributed by atoms with E-state index in [0.29, 0.717) is 11.0 Å². The second kappa shape index (κ2) is 9.47. The number of hydrogen-bond donors (Lipinski definition) is 2. The molecule has 1 amide bonds. The van der Waals surface area contributed by atoms with E-state index in [1.807, 2.05) is 25.1 Å². The molecule has 1 saturated heterocycles. The SMILES string of the molecule is Cc1cc(N2CCCC2)ccc1NC(=O)CSc1nnc(-c2ccc(C(C)(C)C)cc2)n1N. The van der Waals surface area contributed by atoms with Gasteiger partial charge in [0.2, 0.25) is 11.1 Å². The van der Waals surface area contributed by atoms with Gasteiger partial charge in [0, 0.05) is 30.0 Å². The molecule has 7 nitrogen and oxygen atoms in total. The minimum Gasteiger partial charge on any atom is -0.372 e. The number of amides is 1. The molecule has 1 fully saturated rings. The zero-order valence-electron chi connectivity index (χ0n) is 19.8. The number of hydrogen-bond acceptors (Lipinski definition) is 6. The van der Waals surface area contributed by atoms with Gasteiger partial charge in [0.25, 0.3) is 0 Å². The lowest BCUT2D eigenvalue weighted by atomic mass is 9.87. The topological polar surface area (TPSA) is 89.1 Å². The van der Waals surface area contributed by atoms with Gasteiger partial charge in [-0.2, -0.15) is 0 Å². The highest BCUT2D eigenvalue weighted by molar-refractivity contribution is 7.99. The standard InChI is InChI=1S/C25H32N6OS/c1-17-15-20(30-13-5-6-14-30)11-12-21(17)27-22(32)16-33-24-29-28-23(31(24)26)18-7-9-19(10-8-18)25(2,3)4/h7-12,15H,5-6,13-14,16,26H2,1-4H3,(H,27,32). The van der Waals surface area contributed by atoms with Crippen LogP contribution in [-0.4, -0.2) is 39.6 Å². The number of thioether (sulfide) groups is 1. The number of carbonyl (C=O) groups is 1. The Bertz CT molecular complexity index is 1130. The first-order chi connectivity index (χ1) is 15.7. The third kappa shape index (κ3) is 5.33. The third-order valence-electron chi connectivity index (χ3n) is 5.96. The monoisotopic (exact) mass is 464 g/mol. The number of rotatable bonds is 6. The van der Waals surface area contributed by atoms with Crippen molar-refractivity contribution in [3.05, 3.63) is 53.6 Å². The molecule has 1 aromatic heterocycles. The maximum absolute atomic E-state index is 12.6. The van der Waals surface area contributed by atoms with Crippen molar-refractivity contribution in [1.29, 1.82) is 0 Å². The molecule has 4 rings (SSSR count). The summed E-state index contributed by atoms with van der Waals surface area (Å²) in [5, 5.41) is 11.9. The van der Waals surface area contributed by atoms with Crippen LogP contribution in [0.5, 0.6) is 0 Å². The molecule has 174 valence electrons. The molecule has 0 spiro atoms. The van der Waals surface area contributed by atoms with Crippen LogP contribution in [0.4, 0.5) is 11.4 Å². The fourth-order valence-corrected chi connectivity index (χ4v) is 4.62. The normalized spacial score (nSPS) is 14.0. The molecule has 1 aliphatic rings. The van der Waals surface area contributed by atoms with Crippen molar-refractivity contribution in [2.45, 2.75) is 51.1 Å². The number of anilines is 2. The zero-order valence-corrected chi connectivity index (χ0v) is 20.6. The number of aryl methyl sites for hydroxylation is 1. The summed E-state index contributed by atoms with van der Waals surface area (Å²) in [5.74, 6) is 6.91. The first kappa shape index (κ1) is 23.2. The largest absolute Gasteiger partial charge is 0.372 e. The van der Waals surface area contributed by atoms with E-state index in [1.54, 1.807) is 0 Å². The first-order valence-corrected chi connectivity index (χ1v) is 12.3. The van der Waals surface area contributed by atoms with Crippen LogP contribution in [0.3, 0.4) is 0 Å². The van der Waals surface area contributed by atoms with Crippen LogP contribution in [0.15, 0.2) is 47.6 Å². The van der Waals surface area contributed by atoms with Crippen molar-refractivity contribution in [3.63, 3.8) is 0 Å². The van der Waals surface area contributed by atoms with Crippen LogP contribution in [0.2, 0.25) is 0 Å². The molecule has 1 aliphatic heterocycles. The molecule has 0 atom stereocenters. The summed E-state index contributed by atoms with van der Waals surface area (Å²) in [6, 6.07) is 14.4. The Labute approximate surface area is 199 Å². The van der Waals surface area contributed by atoms with Crippen LogP contribution in [0.1, 0.15) is 44.7 Å². The van der Waals surface area contributed by atoms with Crippen LogP contribution in [0.25, 0.3) is 11.4 Å². The number of aromatic nitrogens is 3. The van der Waals surface area contributed by atoms with Gasteiger partial charge >= 0.3 is 0 Å². The van der Waals surface area contributed by atoms with Gasteiger partial charge in [-0.3, -0.25) is 4.79 Å². The molecule has 3 aromatic rings. The molecule has 0 bridgehead atoms. The predicted molar refractivity (Wildman–Crippen MR) is 136 cm³/mol. The maximum Gasteiger partial charge on any atom is 0.234 e. The minimum absolute atomic E-state index is 0.0795. The summed E-state index contributed by atoms with van der Waals surface area (Å²) in [6.45, 7) is 10.8. The Morgan fingerprint density at radius 3 is 2.42 bits per heavy atom. The highest BCUT2D eigenvalue weighted by Crippen LogP contribution is 2.28. The molecule has 0 radical (unpaired) electrons. The lowest BCUT2D eigenvalue weighted by Crippen LogP contribution is -2.19. The number of nitrogens with zero attached hydrogens (tertiary/aromatic N) is 4. The van der Waals surface area contributed by atoms with Gasteiger partial charge in [-0.25, -0.2) is 4.68 Å². The molecular formula is C25H32N6OS. The molecule has 2 heterocycles. The lowest BCUT2D eigenvalue weighted by molar-refractivity contribution is -0.113. The van der Waals surface area contributed by atoms with Crippen molar-refractivity contribution in [3.8, 4) is 11.4 Å². The number of nitrogen functional groups attached to an aromatic ring is 1. The maximum atomic E-state index is 12.6. The molecular weight excluding hydrogens is 432 g/mol. The average molecular weight is 465 g/mol. The van der Waals surface area contributed by atoms with Crippen LogP contribution < -0.4 is 16.1 Å². The quantitative estimate of drug-likeness (QED) is 0.410. The van der Waals surface area contributed by atoms with E-state index < -0.39 is 0 Å². The second-order valence-corrected chi connectivity index (χ2v) is 10.5. The minimum atomic E-state index is -0.101. The molecule has 0 unspecified atom stereocenters. The van der Waals surface area contributed by atoms with E-state index in [1.165, 1.54) is 40.5 Å². The number of nitrogens with one attached hydrogen (secondary N) is 1. The van der Waals surface area contributed by atoms with E-state index in [-0.39, 0.29) is 17.1 Å². The number of nitrogens with two attached hydrogens (primary N) is 1. The molecule has 33 heavy (non-hydrogen) atoms. The van der Waals surface area contributed by atoms with Crippen LogP contribution >= 0.6 is 11.8 Å². The van der Waals surface area contributed by atoms with Crippen molar-refractivity contribution in [2.24, 2.45) is 0 Å². The fourth-order valence-electron chi connectivity index (χ4n) is 3.97. The van der Waals surface area contributed by atoms with E-state index in [0.717, 1.165) is 29.9 Å². The lowest BCUT2D eigenvalue weighted by Gasteiger charge is -2.19. The average Bonchev–Trinajstić information content (AvgIpc) is 3.43. The van der Waals surface area contributed by atoms with Crippen molar-refractivity contribution in [2.75, 3.05) is 34.9 Å². The zero-order chi connectivity index (χ0) is 23.6. The van der Waals surface area contributed by atoms with Gasteiger partial charge in [0.15, 0.2) is 5.82 Å². The van der Waals surface area contributed by atoms with Crippen molar-refractivity contribution < 1.29 is 4.79 Å². The van der Waals surface area contributed by atoms with E-state index in [4.69, 9.17) is 5.84 Å². The van der Waals surface area contributed by atoms with Crippen LogP contribution in [0, 0.1) is 6.92 Å². The molecule has 8 heteroatoms. The summed E-state index contributed by atoms with van der Waals surface area (Å²) in [4.78, 5) is 14.9. The summed E-state index contributed by atoms with van der Waals surface area (Å²) >= 11 is 1.27. The number of benzene rings is 2.